The van der Waals surface area contributed by atoms with E-state index in [1.165, 1.54) is 25.5 Å². The van der Waals surface area contributed by atoms with Gasteiger partial charge in [-0.25, -0.2) is 12.7 Å². The number of hydrogen-bond acceptors (Lipinski definition) is 4. The summed E-state index contributed by atoms with van der Waals surface area (Å²) in [6.45, 7) is 0.258. The molecule has 2 aromatic rings. The predicted molar refractivity (Wildman–Crippen MR) is 74.8 cm³/mol. The smallest absolute Gasteiger partial charge is 0.248 e. The Morgan fingerprint density at radius 3 is 2.75 bits per heavy atom. The molecule has 0 radical (unpaired) electrons. The van der Waals surface area contributed by atoms with E-state index in [-0.39, 0.29) is 11.4 Å². The van der Waals surface area contributed by atoms with Crippen LogP contribution in [0.4, 0.5) is 0 Å². The Morgan fingerprint density at radius 1 is 1.30 bits per heavy atom. The van der Waals surface area contributed by atoms with Crippen molar-refractivity contribution in [3.63, 3.8) is 0 Å². The summed E-state index contributed by atoms with van der Waals surface area (Å²) in [6, 6.07) is 6.67. The van der Waals surface area contributed by atoms with Crippen molar-refractivity contribution in [2.45, 2.75) is 11.3 Å². The SMILES string of the molecule is CN(CCc1ccccn1)S(=O)(=O)c1c[nH]ccc1=O. The third-order valence-electron chi connectivity index (χ3n) is 2.89. The van der Waals surface area contributed by atoms with Gasteiger partial charge in [0.15, 0.2) is 0 Å². The maximum absolute atomic E-state index is 12.3. The Balaban J connectivity index is 2.14. The van der Waals surface area contributed by atoms with Crippen LogP contribution in [0.25, 0.3) is 0 Å². The van der Waals surface area contributed by atoms with Crippen LogP contribution in [-0.4, -0.2) is 36.3 Å². The molecule has 0 aliphatic rings. The number of nitrogens with one attached hydrogen (secondary N) is 1. The molecule has 0 fully saturated rings. The summed E-state index contributed by atoms with van der Waals surface area (Å²) in [5.41, 5.74) is 0.282. The van der Waals surface area contributed by atoms with Crippen LogP contribution in [0.1, 0.15) is 5.69 Å². The second kappa shape index (κ2) is 5.98. The number of H-pyrrole nitrogens is 1. The molecule has 0 aliphatic heterocycles. The normalized spacial score (nSPS) is 11.7. The largest absolute Gasteiger partial charge is 0.366 e. The van der Waals surface area contributed by atoms with Gasteiger partial charge < -0.3 is 4.98 Å². The highest BCUT2D eigenvalue weighted by atomic mass is 32.2. The van der Waals surface area contributed by atoms with Crippen LogP contribution in [0.2, 0.25) is 0 Å². The lowest BCUT2D eigenvalue weighted by atomic mass is 10.3. The zero-order chi connectivity index (χ0) is 14.6. The van der Waals surface area contributed by atoms with Crippen LogP contribution in [0.3, 0.4) is 0 Å². The van der Waals surface area contributed by atoms with Gasteiger partial charge in [0, 0.05) is 50.4 Å². The maximum Gasteiger partial charge on any atom is 0.248 e. The van der Waals surface area contributed by atoms with Crippen molar-refractivity contribution in [2.24, 2.45) is 0 Å². The second-order valence-corrected chi connectivity index (χ2v) is 6.28. The lowest BCUT2D eigenvalue weighted by Crippen LogP contribution is -2.32. The number of pyridine rings is 2. The molecule has 6 nitrogen and oxygen atoms in total. The van der Waals surface area contributed by atoms with Crippen molar-refractivity contribution in [3.8, 4) is 0 Å². The molecule has 0 saturated carbocycles. The topological polar surface area (TPSA) is 83.1 Å². The molecule has 0 atom stereocenters. The van der Waals surface area contributed by atoms with E-state index in [0.29, 0.717) is 6.42 Å². The second-order valence-electron chi connectivity index (χ2n) is 4.27. The fourth-order valence-electron chi connectivity index (χ4n) is 1.71. The first-order valence-electron chi connectivity index (χ1n) is 6.05. The van der Waals surface area contributed by atoms with Gasteiger partial charge in [-0.05, 0) is 12.1 Å². The van der Waals surface area contributed by atoms with Crippen LogP contribution in [-0.2, 0) is 16.4 Å². The molecule has 0 bridgehead atoms. The highest BCUT2D eigenvalue weighted by Crippen LogP contribution is 2.09. The lowest BCUT2D eigenvalue weighted by Gasteiger charge is -2.16. The number of sulfonamides is 1. The molecular weight excluding hydrogens is 278 g/mol. The van der Waals surface area contributed by atoms with E-state index in [1.807, 2.05) is 12.1 Å². The summed E-state index contributed by atoms with van der Waals surface area (Å²) in [7, 11) is -2.33. The summed E-state index contributed by atoms with van der Waals surface area (Å²) < 4.78 is 25.7. The Kier molecular flexibility index (Phi) is 4.31. The van der Waals surface area contributed by atoms with E-state index >= 15 is 0 Å². The molecule has 0 amide bonds. The number of rotatable bonds is 5. The molecule has 0 aromatic carbocycles. The van der Waals surface area contributed by atoms with Crippen molar-refractivity contribution in [2.75, 3.05) is 13.6 Å². The predicted octanol–water partition coefficient (Wildman–Crippen LogP) is 0.633. The third kappa shape index (κ3) is 3.12. The molecule has 0 spiro atoms. The summed E-state index contributed by atoms with van der Waals surface area (Å²) in [4.78, 5) is 18.1. The third-order valence-corrected chi connectivity index (χ3v) is 4.76. The minimum Gasteiger partial charge on any atom is -0.366 e. The van der Waals surface area contributed by atoms with Gasteiger partial charge in [0.1, 0.15) is 4.90 Å². The number of nitrogens with zero attached hydrogens (tertiary/aromatic N) is 2. The van der Waals surface area contributed by atoms with Crippen molar-refractivity contribution in [1.82, 2.24) is 14.3 Å². The zero-order valence-electron chi connectivity index (χ0n) is 11.0. The van der Waals surface area contributed by atoms with Crippen molar-refractivity contribution in [1.29, 1.82) is 0 Å². The highest BCUT2D eigenvalue weighted by molar-refractivity contribution is 7.89. The number of likely N-dealkylation sites (N-methyl/N-ethyl adjacent to an activating group) is 1. The molecule has 2 heterocycles. The van der Waals surface area contributed by atoms with Gasteiger partial charge in [-0.15, -0.1) is 0 Å². The van der Waals surface area contributed by atoms with E-state index in [0.717, 1.165) is 10.00 Å². The molecule has 2 aromatic heterocycles. The summed E-state index contributed by atoms with van der Waals surface area (Å²) in [5, 5.41) is 0. The molecule has 20 heavy (non-hydrogen) atoms. The number of aromatic amines is 1. The molecule has 0 unspecified atom stereocenters. The summed E-state index contributed by atoms with van der Waals surface area (Å²) in [6.07, 6.45) is 4.75. The van der Waals surface area contributed by atoms with Crippen LogP contribution in [0.5, 0.6) is 0 Å². The fourth-order valence-corrected chi connectivity index (χ4v) is 2.92. The van der Waals surface area contributed by atoms with Crippen LogP contribution in [0.15, 0.2) is 52.5 Å². The van der Waals surface area contributed by atoms with Gasteiger partial charge in [-0.2, -0.15) is 0 Å². The van der Waals surface area contributed by atoms with Crippen molar-refractivity contribution in [3.05, 3.63) is 58.8 Å². The first kappa shape index (κ1) is 14.4. The zero-order valence-corrected chi connectivity index (χ0v) is 11.8. The average molecular weight is 293 g/mol. The van der Waals surface area contributed by atoms with Gasteiger partial charge >= 0.3 is 0 Å². The monoisotopic (exact) mass is 293 g/mol. The van der Waals surface area contributed by atoms with E-state index in [4.69, 9.17) is 0 Å². The standard InChI is InChI=1S/C13H15N3O3S/c1-16(9-6-11-4-2-3-7-15-11)20(18,19)13-10-14-8-5-12(13)17/h2-5,7-8,10H,6,9H2,1H3,(H,14,17). The van der Waals surface area contributed by atoms with E-state index in [2.05, 4.69) is 9.97 Å². The quantitative estimate of drug-likeness (QED) is 0.876. The Labute approximate surface area is 117 Å². The minimum absolute atomic E-state index is 0.247. The number of hydrogen-bond donors (Lipinski definition) is 1. The Bertz CT molecular complexity index is 726. The lowest BCUT2D eigenvalue weighted by molar-refractivity contribution is 0.470. The van der Waals surface area contributed by atoms with Crippen LogP contribution >= 0.6 is 0 Å². The molecule has 1 N–H and O–H groups in total. The molecule has 106 valence electrons. The van der Waals surface area contributed by atoms with Gasteiger partial charge in [0.05, 0.1) is 0 Å². The molecule has 7 heteroatoms. The van der Waals surface area contributed by atoms with Crippen molar-refractivity contribution < 1.29 is 8.42 Å². The number of aromatic nitrogens is 2. The van der Waals surface area contributed by atoms with Crippen LogP contribution < -0.4 is 5.43 Å². The molecule has 2 rings (SSSR count). The Morgan fingerprint density at radius 2 is 2.10 bits per heavy atom. The maximum atomic E-state index is 12.3. The molecule has 0 saturated heterocycles. The van der Waals surface area contributed by atoms with Gasteiger partial charge in [0.2, 0.25) is 15.5 Å². The van der Waals surface area contributed by atoms with Gasteiger partial charge in [0.25, 0.3) is 0 Å². The van der Waals surface area contributed by atoms with Gasteiger partial charge in [-0.1, -0.05) is 6.07 Å². The first-order valence-corrected chi connectivity index (χ1v) is 7.49. The molecule has 0 aliphatic carbocycles. The average Bonchev–Trinajstić information content (AvgIpc) is 2.46. The van der Waals surface area contributed by atoms with Crippen LogP contribution in [0, 0.1) is 0 Å². The fraction of sp³-hybridized carbons (Fsp3) is 0.231. The molecular formula is C13H15N3O3S. The summed E-state index contributed by atoms with van der Waals surface area (Å²) in [5.74, 6) is 0. The first-order chi connectivity index (χ1) is 9.51. The summed E-state index contributed by atoms with van der Waals surface area (Å²) >= 11 is 0. The van der Waals surface area contributed by atoms with E-state index in [1.54, 1.807) is 12.3 Å². The Hall–Kier alpha value is -1.99. The van der Waals surface area contributed by atoms with Crippen molar-refractivity contribution >= 4 is 10.0 Å². The highest BCUT2D eigenvalue weighted by Gasteiger charge is 2.23. The van der Waals surface area contributed by atoms with E-state index in [9.17, 15) is 13.2 Å². The van der Waals surface area contributed by atoms with Gasteiger partial charge in [-0.3, -0.25) is 9.78 Å². The minimum atomic E-state index is -3.78. The van der Waals surface area contributed by atoms with E-state index < -0.39 is 15.5 Å².